The number of carbonyl (C=O) groups is 1. The van der Waals surface area contributed by atoms with Crippen LogP contribution < -0.4 is 0 Å². The molecule has 0 heterocycles. The van der Waals surface area contributed by atoms with E-state index in [1.807, 2.05) is 0 Å². The minimum absolute atomic E-state index is 0.0480. The highest BCUT2D eigenvalue weighted by molar-refractivity contribution is 5.76. The third kappa shape index (κ3) is 3.52. The highest BCUT2D eigenvalue weighted by Crippen LogP contribution is 2.40. The van der Waals surface area contributed by atoms with Crippen LogP contribution in [0.25, 0.3) is 0 Å². The van der Waals surface area contributed by atoms with Crippen LogP contribution >= 0.6 is 0 Å². The Morgan fingerprint density at radius 2 is 2.29 bits per heavy atom. The molecule has 0 amide bonds. The molecular formula is C12H20O2. The molecule has 1 fully saturated rings. The molecule has 1 saturated carbocycles. The van der Waals surface area contributed by atoms with Crippen LogP contribution in [0.3, 0.4) is 0 Å². The molecule has 1 aliphatic rings. The van der Waals surface area contributed by atoms with Crippen molar-refractivity contribution in [2.75, 3.05) is 7.11 Å². The van der Waals surface area contributed by atoms with E-state index in [0.717, 1.165) is 12.8 Å². The van der Waals surface area contributed by atoms with Crippen LogP contribution in [0, 0.1) is 11.8 Å². The molecule has 0 N–H and O–H groups in total. The van der Waals surface area contributed by atoms with Crippen LogP contribution in [0.1, 0.15) is 39.0 Å². The van der Waals surface area contributed by atoms with Crippen molar-refractivity contribution in [1.29, 1.82) is 0 Å². The van der Waals surface area contributed by atoms with Crippen molar-refractivity contribution in [3.8, 4) is 0 Å². The van der Waals surface area contributed by atoms with E-state index in [-0.39, 0.29) is 11.9 Å². The average Bonchev–Trinajstić information content (AvgIpc) is 2.96. The maximum absolute atomic E-state index is 11.1. The second-order valence-electron chi connectivity index (χ2n) is 3.95. The maximum atomic E-state index is 11.1. The predicted molar refractivity (Wildman–Crippen MR) is 56.9 cm³/mol. The van der Waals surface area contributed by atoms with Gasteiger partial charge in [0.05, 0.1) is 13.0 Å². The maximum Gasteiger partial charge on any atom is 0.309 e. The largest absolute Gasteiger partial charge is 0.469 e. The van der Waals surface area contributed by atoms with E-state index in [1.54, 1.807) is 0 Å². The van der Waals surface area contributed by atoms with Crippen molar-refractivity contribution in [2.24, 2.45) is 11.8 Å². The molecule has 1 rings (SSSR count). The number of methoxy groups -OCH3 is 1. The first-order chi connectivity index (χ1) is 6.79. The second kappa shape index (κ2) is 5.84. The summed E-state index contributed by atoms with van der Waals surface area (Å²) in [5.41, 5.74) is 0. The van der Waals surface area contributed by atoms with Crippen molar-refractivity contribution < 1.29 is 9.53 Å². The molecule has 0 spiro atoms. The van der Waals surface area contributed by atoms with E-state index >= 15 is 0 Å². The van der Waals surface area contributed by atoms with Gasteiger partial charge in [0.15, 0.2) is 0 Å². The van der Waals surface area contributed by atoms with Gasteiger partial charge in [-0.25, -0.2) is 0 Å². The summed E-state index contributed by atoms with van der Waals surface area (Å²) in [6.07, 6.45) is 10.4. The molecule has 0 aromatic heterocycles. The van der Waals surface area contributed by atoms with Gasteiger partial charge in [-0.2, -0.15) is 0 Å². The van der Waals surface area contributed by atoms with Gasteiger partial charge in [-0.15, -0.1) is 0 Å². The Hall–Kier alpha value is -0.790. The Morgan fingerprint density at radius 1 is 1.50 bits per heavy atom. The first-order valence-corrected chi connectivity index (χ1v) is 5.54. The summed E-state index contributed by atoms with van der Waals surface area (Å²) in [6, 6.07) is 0. The Balaban J connectivity index is 2.06. The quantitative estimate of drug-likeness (QED) is 0.371. The standard InChI is InChI=1S/C12H20O2/c1-3-4-5-6-7-8-10-9-11(10)12(13)14-2/h7-8,10-11H,3-6,9H2,1-2H3/b8-7-/t10-,11+/m1/s1. The Labute approximate surface area is 86.3 Å². The number of allylic oxidation sites excluding steroid dienone is 2. The smallest absolute Gasteiger partial charge is 0.309 e. The summed E-state index contributed by atoms with van der Waals surface area (Å²) < 4.78 is 4.68. The van der Waals surface area contributed by atoms with Crippen LogP contribution in [0.5, 0.6) is 0 Å². The van der Waals surface area contributed by atoms with Crippen molar-refractivity contribution in [1.82, 2.24) is 0 Å². The lowest BCUT2D eigenvalue weighted by Crippen LogP contribution is -2.03. The molecule has 0 aliphatic heterocycles. The van der Waals surface area contributed by atoms with E-state index in [1.165, 1.54) is 26.4 Å². The van der Waals surface area contributed by atoms with Crippen LogP contribution in [-0.4, -0.2) is 13.1 Å². The zero-order chi connectivity index (χ0) is 10.4. The van der Waals surface area contributed by atoms with Gasteiger partial charge in [0.25, 0.3) is 0 Å². The molecule has 2 atom stereocenters. The van der Waals surface area contributed by atoms with E-state index < -0.39 is 0 Å². The Kier molecular flexibility index (Phi) is 4.71. The third-order valence-corrected chi connectivity index (χ3v) is 2.70. The number of rotatable bonds is 6. The average molecular weight is 196 g/mol. The fourth-order valence-corrected chi connectivity index (χ4v) is 1.63. The van der Waals surface area contributed by atoms with Crippen LogP contribution in [0.15, 0.2) is 12.2 Å². The number of esters is 1. The van der Waals surface area contributed by atoms with E-state index in [0.29, 0.717) is 5.92 Å². The molecule has 14 heavy (non-hydrogen) atoms. The summed E-state index contributed by atoms with van der Waals surface area (Å²) in [6.45, 7) is 2.21. The SMILES string of the molecule is CCCCC/C=C\[C@@H]1C[C@@H]1C(=O)OC. The number of ether oxygens (including phenoxy) is 1. The highest BCUT2D eigenvalue weighted by atomic mass is 16.5. The van der Waals surface area contributed by atoms with Gasteiger partial charge in [0.1, 0.15) is 0 Å². The molecule has 1 aliphatic carbocycles. The molecule has 0 saturated heterocycles. The molecular weight excluding hydrogens is 176 g/mol. The molecule has 80 valence electrons. The first-order valence-electron chi connectivity index (χ1n) is 5.54. The molecule has 0 radical (unpaired) electrons. The van der Waals surface area contributed by atoms with Gasteiger partial charge in [-0.1, -0.05) is 31.9 Å². The fourth-order valence-electron chi connectivity index (χ4n) is 1.63. The van der Waals surface area contributed by atoms with Crippen LogP contribution in [0.4, 0.5) is 0 Å². The van der Waals surface area contributed by atoms with Crippen molar-refractivity contribution in [2.45, 2.75) is 39.0 Å². The van der Waals surface area contributed by atoms with Gasteiger partial charge in [-0.05, 0) is 25.2 Å². The van der Waals surface area contributed by atoms with E-state index in [9.17, 15) is 4.79 Å². The number of unbranched alkanes of at least 4 members (excludes halogenated alkanes) is 3. The summed E-state index contributed by atoms with van der Waals surface area (Å²) in [5.74, 6) is 0.569. The topological polar surface area (TPSA) is 26.3 Å². The lowest BCUT2D eigenvalue weighted by atomic mass is 10.2. The van der Waals surface area contributed by atoms with Gasteiger partial charge in [0.2, 0.25) is 0 Å². The van der Waals surface area contributed by atoms with Crippen molar-refractivity contribution in [3.63, 3.8) is 0 Å². The summed E-state index contributed by atoms with van der Waals surface area (Å²) in [4.78, 5) is 11.1. The second-order valence-corrected chi connectivity index (χ2v) is 3.95. The lowest BCUT2D eigenvalue weighted by molar-refractivity contribution is -0.142. The minimum Gasteiger partial charge on any atom is -0.469 e. The lowest BCUT2D eigenvalue weighted by Gasteiger charge is -1.94. The molecule has 2 heteroatoms. The van der Waals surface area contributed by atoms with Crippen LogP contribution in [-0.2, 0) is 9.53 Å². The molecule has 2 nitrogen and oxygen atoms in total. The Bertz CT molecular complexity index is 208. The third-order valence-electron chi connectivity index (χ3n) is 2.70. The number of hydrogen-bond acceptors (Lipinski definition) is 2. The molecule has 0 unspecified atom stereocenters. The van der Waals surface area contributed by atoms with E-state index in [4.69, 9.17) is 0 Å². The van der Waals surface area contributed by atoms with Crippen molar-refractivity contribution >= 4 is 5.97 Å². The Morgan fingerprint density at radius 3 is 2.93 bits per heavy atom. The monoisotopic (exact) mass is 196 g/mol. The summed E-state index contributed by atoms with van der Waals surface area (Å²) in [5, 5.41) is 0. The summed E-state index contributed by atoms with van der Waals surface area (Å²) in [7, 11) is 1.46. The minimum atomic E-state index is -0.0480. The van der Waals surface area contributed by atoms with Gasteiger partial charge in [-0.3, -0.25) is 4.79 Å². The number of hydrogen-bond donors (Lipinski definition) is 0. The molecule has 0 aromatic rings. The fraction of sp³-hybridized carbons (Fsp3) is 0.750. The van der Waals surface area contributed by atoms with Gasteiger partial charge >= 0.3 is 5.97 Å². The number of carbonyl (C=O) groups excluding carboxylic acids is 1. The highest BCUT2D eigenvalue weighted by Gasteiger charge is 2.41. The zero-order valence-corrected chi connectivity index (χ0v) is 9.16. The molecule has 0 bridgehead atoms. The normalized spacial score (nSPS) is 25.3. The van der Waals surface area contributed by atoms with E-state index in [2.05, 4.69) is 23.8 Å². The first kappa shape index (κ1) is 11.3. The van der Waals surface area contributed by atoms with Gasteiger partial charge < -0.3 is 4.74 Å². The van der Waals surface area contributed by atoms with Gasteiger partial charge in [0, 0.05) is 0 Å². The summed E-state index contributed by atoms with van der Waals surface area (Å²) >= 11 is 0. The van der Waals surface area contributed by atoms with Crippen LogP contribution in [0.2, 0.25) is 0 Å². The van der Waals surface area contributed by atoms with Crippen molar-refractivity contribution in [3.05, 3.63) is 12.2 Å². The molecule has 0 aromatic carbocycles. The zero-order valence-electron chi connectivity index (χ0n) is 9.16. The predicted octanol–water partition coefficient (Wildman–Crippen LogP) is 2.93.